The van der Waals surface area contributed by atoms with Crippen LogP contribution in [0.3, 0.4) is 0 Å². The molecule has 0 aromatic carbocycles. The average Bonchev–Trinajstić information content (AvgIpc) is 2.81. The van der Waals surface area contributed by atoms with Gasteiger partial charge in [0, 0.05) is 36.8 Å². The maximum Gasteiger partial charge on any atom is 0.252 e. The molecule has 0 saturated carbocycles. The molecule has 0 aliphatic rings. The fraction of sp³-hybridized carbons (Fsp3) is 0.417. The molecule has 2 heterocycles. The van der Waals surface area contributed by atoms with Crippen LogP contribution in [0, 0.1) is 0 Å². The first-order valence-corrected chi connectivity index (χ1v) is 5.97. The highest BCUT2D eigenvalue weighted by atomic mass is 16.1. The van der Waals surface area contributed by atoms with Crippen LogP contribution in [0.4, 0.5) is 5.82 Å². The first kappa shape index (κ1) is 12.3. The Hall–Kier alpha value is -2.11. The van der Waals surface area contributed by atoms with Crippen LogP contribution in [-0.4, -0.2) is 26.5 Å². The number of nitrogens with zero attached hydrogens (tertiary/aromatic N) is 2. The van der Waals surface area contributed by atoms with Crippen LogP contribution in [0.25, 0.3) is 0 Å². The summed E-state index contributed by atoms with van der Waals surface area (Å²) >= 11 is 0. The van der Waals surface area contributed by atoms with Gasteiger partial charge >= 0.3 is 0 Å². The molecule has 3 N–H and O–H groups in total. The molecule has 0 aliphatic carbocycles. The molecule has 0 saturated heterocycles. The number of imidazole rings is 1. The van der Waals surface area contributed by atoms with E-state index in [1.165, 1.54) is 6.07 Å². The third kappa shape index (κ3) is 3.19. The Morgan fingerprint density at radius 2 is 2.28 bits per heavy atom. The summed E-state index contributed by atoms with van der Waals surface area (Å²) in [6, 6.07) is 1.47. The van der Waals surface area contributed by atoms with Crippen molar-refractivity contribution in [3.8, 4) is 0 Å². The second-order valence-corrected chi connectivity index (χ2v) is 4.42. The molecule has 6 nitrogen and oxygen atoms in total. The molecule has 6 heteroatoms. The Balaban J connectivity index is 1.98. The maximum atomic E-state index is 11.5. The zero-order valence-electron chi connectivity index (χ0n) is 10.5. The van der Waals surface area contributed by atoms with E-state index < -0.39 is 0 Å². The fourth-order valence-corrected chi connectivity index (χ4v) is 1.59. The van der Waals surface area contributed by atoms with Gasteiger partial charge in [0.15, 0.2) is 0 Å². The predicted molar refractivity (Wildman–Crippen MR) is 69.7 cm³/mol. The number of anilines is 1. The third-order valence-electron chi connectivity index (χ3n) is 2.56. The minimum atomic E-state index is -0.127. The highest BCUT2D eigenvalue weighted by molar-refractivity contribution is 5.33. The number of hydrogen-bond acceptors (Lipinski definition) is 4. The Bertz CT molecular complexity index is 544. The lowest BCUT2D eigenvalue weighted by Gasteiger charge is -2.08. The first-order valence-electron chi connectivity index (χ1n) is 5.97. The summed E-state index contributed by atoms with van der Waals surface area (Å²) in [6.07, 6.45) is 4.25. The zero-order valence-corrected chi connectivity index (χ0v) is 10.5. The topological polar surface area (TPSA) is 86.5 Å². The molecular formula is C12H17N5O. The predicted octanol–water partition coefficient (Wildman–Crippen LogP) is 1.27. The Kier molecular flexibility index (Phi) is 3.76. The summed E-state index contributed by atoms with van der Waals surface area (Å²) < 4.78 is 0. The molecule has 2 aromatic rings. The van der Waals surface area contributed by atoms with Gasteiger partial charge in [0.2, 0.25) is 0 Å². The molecule has 0 spiro atoms. The van der Waals surface area contributed by atoms with E-state index in [1.54, 1.807) is 12.5 Å². The average molecular weight is 247 g/mol. The number of H-pyrrole nitrogens is 2. The van der Waals surface area contributed by atoms with Crippen LogP contribution < -0.4 is 10.9 Å². The SMILES string of the molecule is CC(C)c1nc(NCCc2cnc[nH]2)cc(=O)[nH]1. The van der Waals surface area contributed by atoms with Crippen molar-refractivity contribution in [1.29, 1.82) is 0 Å². The van der Waals surface area contributed by atoms with Crippen LogP contribution in [0.1, 0.15) is 31.3 Å². The van der Waals surface area contributed by atoms with Crippen molar-refractivity contribution in [3.63, 3.8) is 0 Å². The maximum absolute atomic E-state index is 11.5. The van der Waals surface area contributed by atoms with Gasteiger partial charge in [-0.05, 0) is 0 Å². The minimum absolute atomic E-state index is 0.127. The van der Waals surface area contributed by atoms with E-state index in [0.717, 1.165) is 12.1 Å². The van der Waals surface area contributed by atoms with E-state index >= 15 is 0 Å². The fourth-order valence-electron chi connectivity index (χ4n) is 1.59. The molecule has 0 unspecified atom stereocenters. The van der Waals surface area contributed by atoms with Gasteiger partial charge in [-0.1, -0.05) is 13.8 Å². The summed E-state index contributed by atoms with van der Waals surface area (Å²) in [5.74, 6) is 1.51. The summed E-state index contributed by atoms with van der Waals surface area (Å²) in [6.45, 7) is 4.69. The van der Waals surface area contributed by atoms with Gasteiger partial charge in [-0.25, -0.2) is 9.97 Å². The molecule has 0 bridgehead atoms. The summed E-state index contributed by atoms with van der Waals surface area (Å²) in [4.78, 5) is 25.5. The second kappa shape index (κ2) is 5.48. The number of aromatic nitrogens is 4. The van der Waals surface area contributed by atoms with E-state index in [-0.39, 0.29) is 11.5 Å². The number of rotatable bonds is 5. The molecule has 2 rings (SSSR count). The molecule has 2 aromatic heterocycles. The molecule has 18 heavy (non-hydrogen) atoms. The van der Waals surface area contributed by atoms with Crippen LogP contribution in [0.15, 0.2) is 23.4 Å². The molecule has 0 radical (unpaired) electrons. The Morgan fingerprint density at radius 3 is 2.94 bits per heavy atom. The Labute approximate surface area is 105 Å². The van der Waals surface area contributed by atoms with E-state index in [4.69, 9.17) is 0 Å². The molecule has 0 fully saturated rings. The van der Waals surface area contributed by atoms with Gasteiger partial charge in [-0.3, -0.25) is 4.79 Å². The zero-order chi connectivity index (χ0) is 13.0. The van der Waals surface area contributed by atoms with Crippen LogP contribution >= 0.6 is 0 Å². The Morgan fingerprint density at radius 1 is 1.44 bits per heavy atom. The van der Waals surface area contributed by atoms with Crippen molar-refractivity contribution in [3.05, 3.63) is 40.5 Å². The van der Waals surface area contributed by atoms with Crippen LogP contribution in [-0.2, 0) is 6.42 Å². The first-order chi connectivity index (χ1) is 8.65. The molecule has 0 aliphatic heterocycles. The monoisotopic (exact) mass is 247 g/mol. The molecule has 0 amide bonds. The second-order valence-electron chi connectivity index (χ2n) is 4.42. The van der Waals surface area contributed by atoms with Crippen molar-refractivity contribution in [2.45, 2.75) is 26.2 Å². The number of aromatic amines is 2. The lowest BCUT2D eigenvalue weighted by atomic mass is 10.2. The van der Waals surface area contributed by atoms with Crippen molar-refractivity contribution in [2.24, 2.45) is 0 Å². The van der Waals surface area contributed by atoms with Crippen LogP contribution in [0.5, 0.6) is 0 Å². The summed E-state index contributed by atoms with van der Waals surface area (Å²) in [7, 11) is 0. The van der Waals surface area contributed by atoms with E-state index in [0.29, 0.717) is 18.2 Å². The smallest absolute Gasteiger partial charge is 0.252 e. The highest BCUT2D eigenvalue weighted by Crippen LogP contribution is 2.08. The molecular weight excluding hydrogens is 230 g/mol. The normalized spacial score (nSPS) is 10.8. The lowest BCUT2D eigenvalue weighted by Crippen LogP contribution is -2.15. The lowest BCUT2D eigenvalue weighted by molar-refractivity contribution is 0.766. The third-order valence-corrected chi connectivity index (χ3v) is 2.56. The molecule has 96 valence electrons. The molecule has 0 atom stereocenters. The van der Waals surface area contributed by atoms with Gasteiger partial charge in [0.1, 0.15) is 11.6 Å². The van der Waals surface area contributed by atoms with Crippen molar-refractivity contribution >= 4 is 5.82 Å². The number of hydrogen-bond donors (Lipinski definition) is 3. The summed E-state index contributed by atoms with van der Waals surface area (Å²) in [5.41, 5.74) is 0.925. The van der Waals surface area contributed by atoms with Gasteiger partial charge in [0.25, 0.3) is 5.56 Å². The van der Waals surface area contributed by atoms with E-state index in [9.17, 15) is 4.79 Å². The van der Waals surface area contributed by atoms with Crippen molar-refractivity contribution < 1.29 is 0 Å². The van der Waals surface area contributed by atoms with Gasteiger partial charge < -0.3 is 15.3 Å². The van der Waals surface area contributed by atoms with E-state index in [1.807, 2.05) is 13.8 Å². The largest absolute Gasteiger partial charge is 0.369 e. The van der Waals surface area contributed by atoms with E-state index in [2.05, 4.69) is 25.3 Å². The van der Waals surface area contributed by atoms with Crippen LogP contribution in [0.2, 0.25) is 0 Å². The van der Waals surface area contributed by atoms with Gasteiger partial charge in [-0.2, -0.15) is 0 Å². The highest BCUT2D eigenvalue weighted by Gasteiger charge is 2.04. The van der Waals surface area contributed by atoms with Gasteiger partial charge in [-0.15, -0.1) is 0 Å². The van der Waals surface area contributed by atoms with Crippen molar-refractivity contribution in [2.75, 3.05) is 11.9 Å². The quantitative estimate of drug-likeness (QED) is 0.742. The van der Waals surface area contributed by atoms with Crippen molar-refractivity contribution in [1.82, 2.24) is 19.9 Å². The minimum Gasteiger partial charge on any atom is -0.369 e. The van der Waals surface area contributed by atoms with Gasteiger partial charge in [0.05, 0.1) is 6.33 Å². The summed E-state index contributed by atoms with van der Waals surface area (Å²) in [5, 5.41) is 3.14. The standard InChI is InChI=1S/C12H17N5O/c1-8(2)12-16-10(5-11(18)17-12)14-4-3-9-6-13-7-15-9/h5-8H,3-4H2,1-2H3,(H,13,15)(H2,14,16,17,18). The number of nitrogens with one attached hydrogen (secondary N) is 3.